The Balaban J connectivity index is 0.000000162. The van der Waals surface area contributed by atoms with Crippen molar-refractivity contribution >= 4 is 45.4 Å². The molecule has 0 fully saturated rings. The van der Waals surface area contributed by atoms with E-state index < -0.39 is 38.4 Å². The SMILES string of the molecule is CC(C)(C)C(=O)N1N=C(c2cc(F)ccc2F)SC12CCCc1ccccc12.O=C(c1cccnc1)N1N=C(c2cc(F)ccc2F)SC12CCCc1ccccc12. The van der Waals surface area contributed by atoms with Crippen molar-refractivity contribution in [3.05, 3.63) is 172 Å². The average Bonchev–Trinajstić information content (AvgIpc) is 3.79. The van der Waals surface area contributed by atoms with Crippen molar-refractivity contribution in [2.24, 2.45) is 15.6 Å². The largest absolute Gasteiger partial charge is 0.277 e. The molecule has 2 amide bonds. The summed E-state index contributed by atoms with van der Waals surface area (Å²) >= 11 is 2.67. The third-order valence-electron chi connectivity index (χ3n) is 10.6. The van der Waals surface area contributed by atoms with Crippen LogP contribution >= 0.6 is 23.5 Å². The molecule has 13 heteroatoms. The summed E-state index contributed by atoms with van der Waals surface area (Å²) in [6.07, 6.45) is 8.03. The normalized spacial score (nSPS) is 20.9. The van der Waals surface area contributed by atoms with E-state index in [0.29, 0.717) is 28.5 Å². The van der Waals surface area contributed by atoms with E-state index >= 15 is 0 Å². The summed E-state index contributed by atoms with van der Waals surface area (Å²) in [5.74, 6) is -2.65. The zero-order valence-electron chi connectivity index (χ0n) is 32.0. The molecule has 2 spiro atoms. The number of pyridine rings is 1. The highest BCUT2D eigenvalue weighted by molar-refractivity contribution is 8.15. The number of aromatic nitrogens is 1. The topological polar surface area (TPSA) is 78.2 Å². The monoisotopic (exact) mass is 821 g/mol. The summed E-state index contributed by atoms with van der Waals surface area (Å²) in [6, 6.07) is 25.9. The molecule has 2 aliphatic heterocycles. The van der Waals surface area contributed by atoms with Gasteiger partial charge in [0, 0.05) is 28.9 Å². The number of fused-ring (bicyclic) bond motifs is 4. The number of carbonyl (C=O) groups is 2. The molecule has 296 valence electrons. The molecule has 58 heavy (non-hydrogen) atoms. The molecule has 2 aliphatic carbocycles. The van der Waals surface area contributed by atoms with Crippen LogP contribution < -0.4 is 0 Å². The zero-order valence-corrected chi connectivity index (χ0v) is 33.6. The van der Waals surface area contributed by atoms with Gasteiger partial charge in [0.1, 0.15) is 43.1 Å². The summed E-state index contributed by atoms with van der Waals surface area (Å²) in [7, 11) is 0. The number of thioether (sulfide) groups is 2. The van der Waals surface area contributed by atoms with Crippen molar-refractivity contribution < 1.29 is 27.2 Å². The predicted octanol–water partition coefficient (Wildman–Crippen LogP) is 10.5. The van der Waals surface area contributed by atoms with E-state index in [9.17, 15) is 27.2 Å². The molecule has 0 saturated heterocycles. The van der Waals surface area contributed by atoms with Gasteiger partial charge in [-0.05, 0) is 109 Å². The molecule has 0 bridgehead atoms. The number of carbonyl (C=O) groups excluding carboxylic acids is 2. The van der Waals surface area contributed by atoms with Gasteiger partial charge in [-0.15, -0.1) is 0 Å². The summed E-state index contributed by atoms with van der Waals surface area (Å²) < 4.78 is 56.7. The third kappa shape index (κ3) is 7.12. The second-order valence-corrected chi connectivity index (χ2v) is 18.1. The lowest BCUT2D eigenvalue weighted by molar-refractivity contribution is -0.143. The van der Waals surface area contributed by atoms with Gasteiger partial charge in [-0.3, -0.25) is 14.6 Å². The summed E-state index contributed by atoms with van der Waals surface area (Å²) in [5, 5.41) is 12.7. The van der Waals surface area contributed by atoms with Crippen molar-refractivity contribution in [3.63, 3.8) is 0 Å². The number of nitrogens with zero attached hydrogens (tertiary/aromatic N) is 5. The molecular weight excluding hydrogens is 783 g/mol. The Morgan fingerprint density at radius 3 is 1.66 bits per heavy atom. The number of benzene rings is 4. The molecule has 4 aromatic carbocycles. The maximum absolute atomic E-state index is 14.5. The lowest BCUT2D eigenvalue weighted by atomic mass is 9.85. The Morgan fingerprint density at radius 1 is 0.655 bits per heavy atom. The van der Waals surface area contributed by atoms with Gasteiger partial charge in [-0.25, -0.2) is 27.6 Å². The Hall–Kier alpha value is -5.27. The van der Waals surface area contributed by atoms with Gasteiger partial charge in [0.2, 0.25) is 5.91 Å². The van der Waals surface area contributed by atoms with Crippen molar-refractivity contribution in [2.45, 2.75) is 69.0 Å². The predicted molar refractivity (Wildman–Crippen MR) is 220 cm³/mol. The van der Waals surface area contributed by atoms with E-state index in [4.69, 9.17) is 0 Å². The lowest BCUT2D eigenvalue weighted by Crippen LogP contribution is -2.47. The van der Waals surface area contributed by atoms with Crippen molar-refractivity contribution in [1.82, 2.24) is 15.0 Å². The van der Waals surface area contributed by atoms with Gasteiger partial charge < -0.3 is 0 Å². The van der Waals surface area contributed by atoms with Crippen LogP contribution in [0.3, 0.4) is 0 Å². The second kappa shape index (κ2) is 15.5. The van der Waals surface area contributed by atoms with Gasteiger partial charge in [0.15, 0.2) is 0 Å². The highest BCUT2D eigenvalue weighted by Gasteiger charge is 2.53. The summed E-state index contributed by atoms with van der Waals surface area (Å²) in [6.45, 7) is 5.54. The molecule has 2 unspecified atom stereocenters. The number of aryl methyl sites for hydroxylation is 2. The van der Waals surface area contributed by atoms with E-state index in [1.54, 1.807) is 18.3 Å². The molecule has 7 nitrogen and oxygen atoms in total. The van der Waals surface area contributed by atoms with Crippen LogP contribution in [-0.4, -0.2) is 36.9 Å². The quantitative estimate of drug-likeness (QED) is 0.169. The fourth-order valence-corrected chi connectivity index (χ4v) is 10.8. The van der Waals surface area contributed by atoms with E-state index in [-0.39, 0.29) is 22.9 Å². The molecule has 9 rings (SSSR count). The van der Waals surface area contributed by atoms with Gasteiger partial charge in [-0.1, -0.05) is 92.8 Å². The number of amides is 2. The minimum atomic E-state index is -0.810. The highest BCUT2D eigenvalue weighted by atomic mass is 32.2. The molecular formula is C45H39F4N5O2S2. The van der Waals surface area contributed by atoms with Crippen LogP contribution in [-0.2, 0) is 27.4 Å². The summed E-state index contributed by atoms with van der Waals surface area (Å²) in [5.41, 5.74) is 4.21. The standard InChI is InChI=1S/C23H17F2N3OS.C22H22F2N2OS/c24-17-9-10-20(25)18(13-17)21-27-28(22(29)16-7-4-12-26-14-16)23(30-21)11-3-6-15-5-1-2-8-19(15)23;1-21(2,3)20(27)26-22(12-6-8-14-7-4-5-9-17(14)22)28-19(25-26)16-13-15(23)10-11-18(16)24/h1-2,4-5,7-10,12-14H,3,6,11H2;4-5,7,9-11,13H,6,8,12H2,1-3H3. The Kier molecular flexibility index (Phi) is 10.6. The molecule has 1 aromatic heterocycles. The number of hydrogen-bond donors (Lipinski definition) is 0. The fourth-order valence-electron chi connectivity index (χ4n) is 7.88. The maximum Gasteiger partial charge on any atom is 0.277 e. The van der Waals surface area contributed by atoms with Gasteiger partial charge in [0.05, 0.1) is 5.56 Å². The molecule has 0 saturated carbocycles. The smallest absolute Gasteiger partial charge is 0.272 e. The van der Waals surface area contributed by atoms with Gasteiger partial charge >= 0.3 is 0 Å². The van der Waals surface area contributed by atoms with E-state index in [1.807, 2.05) is 63.2 Å². The molecule has 4 aliphatic rings. The lowest BCUT2D eigenvalue weighted by Gasteiger charge is -2.41. The van der Waals surface area contributed by atoms with Crippen molar-refractivity contribution in [2.75, 3.05) is 0 Å². The second-order valence-electron chi connectivity index (χ2n) is 15.6. The number of hydrazone groups is 2. The first-order chi connectivity index (χ1) is 27.8. The fraction of sp³-hybridized carbons (Fsp3) is 0.267. The van der Waals surface area contributed by atoms with Gasteiger partial charge in [-0.2, -0.15) is 10.2 Å². The maximum atomic E-state index is 14.5. The molecule has 2 atom stereocenters. The molecule has 5 aromatic rings. The van der Waals surface area contributed by atoms with Crippen molar-refractivity contribution in [3.8, 4) is 0 Å². The zero-order chi connectivity index (χ0) is 40.8. The van der Waals surface area contributed by atoms with Crippen LogP contribution in [0.2, 0.25) is 0 Å². The van der Waals surface area contributed by atoms with Gasteiger partial charge in [0.25, 0.3) is 5.91 Å². The van der Waals surface area contributed by atoms with Crippen LogP contribution in [0.25, 0.3) is 0 Å². The van der Waals surface area contributed by atoms with Crippen molar-refractivity contribution in [1.29, 1.82) is 0 Å². The first kappa shape index (κ1) is 39.6. The average molecular weight is 822 g/mol. The number of halogens is 4. The van der Waals surface area contributed by atoms with Crippen LogP contribution in [0.5, 0.6) is 0 Å². The first-order valence-electron chi connectivity index (χ1n) is 19.0. The number of rotatable bonds is 3. The van der Waals surface area contributed by atoms with Crippen LogP contribution in [0, 0.1) is 28.7 Å². The molecule has 0 radical (unpaired) electrons. The highest BCUT2D eigenvalue weighted by Crippen LogP contribution is 2.56. The third-order valence-corrected chi connectivity index (χ3v) is 13.5. The number of hydrogen-bond acceptors (Lipinski definition) is 7. The van der Waals surface area contributed by atoms with Crippen LogP contribution in [0.1, 0.15) is 90.2 Å². The minimum absolute atomic E-state index is 0.0592. The minimum Gasteiger partial charge on any atom is -0.272 e. The van der Waals surface area contributed by atoms with E-state index in [2.05, 4.69) is 21.3 Å². The van der Waals surface area contributed by atoms with Crippen LogP contribution in [0.4, 0.5) is 17.6 Å². The molecule has 3 heterocycles. The Labute approximate surface area is 342 Å². The summed E-state index contributed by atoms with van der Waals surface area (Å²) in [4.78, 5) is 29.3. The van der Waals surface area contributed by atoms with Crippen LogP contribution in [0.15, 0.2) is 120 Å². The Bertz CT molecular complexity index is 2490. The van der Waals surface area contributed by atoms with E-state index in [1.165, 1.54) is 45.3 Å². The Morgan fingerprint density at radius 2 is 1.16 bits per heavy atom. The van der Waals surface area contributed by atoms with E-state index in [0.717, 1.165) is 78.8 Å². The first-order valence-corrected chi connectivity index (χ1v) is 20.7. The molecule has 0 N–H and O–H groups in total.